The Morgan fingerprint density at radius 2 is 1.95 bits per heavy atom. The Balaban J connectivity index is 2.94. The smallest absolute Gasteiger partial charge is 0.240 e. The molecule has 3 N–H and O–H groups in total. The van der Waals surface area contributed by atoms with Crippen molar-refractivity contribution in [3.63, 3.8) is 0 Å². The summed E-state index contributed by atoms with van der Waals surface area (Å²) in [5.74, 6) is 0. The van der Waals surface area contributed by atoms with Gasteiger partial charge in [-0.25, -0.2) is 13.1 Å². The van der Waals surface area contributed by atoms with Gasteiger partial charge in [-0.3, -0.25) is 0 Å². The zero-order valence-corrected chi connectivity index (χ0v) is 12.5. The Morgan fingerprint density at radius 3 is 2.53 bits per heavy atom. The first kappa shape index (κ1) is 16.1. The largest absolute Gasteiger partial charge is 0.380 e. The van der Waals surface area contributed by atoms with Crippen molar-refractivity contribution in [1.82, 2.24) is 4.72 Å². The van der Waals surface area contributed by atoms with Crippen LogP contribution in [0, 0.1) is 13.8 Å². The van der Waals surface area contributed by atoms with Crippen LogP contribution in [-0.4, -0.2) is 28.2 Å². The van der Waals surface area contributed by atoms with Gasteiger partial charge < -0.3 is 10.5 Å². The molecule has 0 aliphatic rings. The second-order valence-corrected chi connectivity index (χ2v) is 6.08. The number of nitrogens with one attached hydrogen (secondary N) is 1. The van der Waals surface area contributed by atoms with Crippen LogP contribution in [0.25, 0.3) is 0 Å². The molecule has 0 saturated carbocycles. The van der Waals surface area contributed by atoms with Crippen LogP contribution in [0.2, 0.25) is 0 Å². The van der Waals surface area contributed by atoms with E-state index < -0.39 is 10.0 Å². The predicted molar refractivity (Wildman–Crippen MR) is 75.5 cm³/mol. The lowest BCUT2D eigenvalue weighted by atomic mass is 10.1. The Labute approximate surface area is 115 Å². The third-order valence-electron chi connectivity index (χ3n) is 2.89. The van der Waals surface area contributed by atoms with Crippen LogP contribution in [0.1, 0.15) is 23.6 Å². The summed E-state index contributed by atoms with van der Waals surface area (Å²) in [4.78, 5) is 0.287. The monoisotopic (exact) mass is 286 g/mol. The maximum Gasteiger partial charge on any atom is 0.240 e. The Bertz CT molecular complexity index is 527. The van der Waals surface area contributed by atoms with Gasteiger partial charge in [-0.15, -0.1) is 0 Å². The van der Waals surface area contributed by atoms with Gasteiger partial charge in [0.2, 0.25) is 10.0 Å². The normalized spacial score (nSPS) is 11.8. The minimum absolute atomic E-state index is 0.265. The quantitative estimate of drug-likeness (QED) is 0.735. The SMILES string of the molecule is CCOCCNS(=O)(=O)c1cc(CN)c(C)cc1C. The van der Waals surface area contributed by atoms with Crippen LogP contribution in [0.4, 0.5) is 0 Å². The minimum Gasteiger partial charge on any atom is -0.380 e. The number of rotatable bonds is 7. The van der Waals surface area contributed by atoms with Crippen molar-refractivity contribution >= 4 is 10.0 Å². The third-order valence-corrected chi connectivity index (χ3v) is 4.49. The summed E-state index contributed by atoms with van der Waals surface area (Å²) < 4.78 is 32.0. The van der Waals surface area contributed by atoms with E-state index in [1.807, 2.05) is 19.9 Å². The van der Waals surface area contributed by atoms with Crippen molar-refractivity contribution in [3.8, 4) is 0 Å². The molecule has 1 aromatic rings. The molecule has 108 valence electrons. The fraction of sp³-hybridized carbons (Fsp3) is 0.538. The second kappa shape index (κ2) is 7.00. The molecule has 1 rings (SSSR count). The van der Waals surface area contributed by atoms with E-state index in [1.165, 1.54) is 0 Å². The second-order valence-electron chi connectivity index (χ2n) is 4.34. The number of ether oxygens (including phenoxy) is 1. The highest BCUT2D eigenvalue weighted by molar-refractivity contribution is 7.89. The molecule has 0 radical (unpaired) electrons. The van der Waals surface area contributed by atoms with Crippen molar-refractivity contribution in [2.24, 2.45) is 5.73 Å². The van der Waals surface area contributed by atoms with E-state index in [4.69, 9.17) is 10.5 Å². The molecule has 6 heteroatoms. The van der Waals surface area contributed by atoms with Crippen molar-refractivity contribution < 1.29 is 13.2 Å². The van der Waals surface area contributed by atoms with Crippen molar-refractivity contribution in [2.75, 3.05) is 19.8 Å². The lowest BCUT2D eigenvalue weighted by Crippen LogP contribution is -2.28. The number of benzene rings is 1. The molecule has 19 heavy (non-hydrogen) atoms. The van der Waals surface area contributed by atoms with Crippen LogP contribution in [-0.2, 0) is 21.3 Å². The van der Waals surface area contributed by atoms with Crippen molar-refractivity contribution in [1.29, 1.82) is 0 Å². The summed E-state index contributed by atoms with van der Waals surface area (Å²) in [7, 11) is -3.51. The molecule has 0 amide bonds. The Morgan fingerprint density at radius 1 is 1.26 bits per heavy atom. The van der Waals surface area contributed by atoms with Gasteiger partial charge in [-0.2, -0.15) is 0 Å². The highest BCUT2D eigenvalue weighted by Crippen LogP contribution is 2.20. The average Bonchev–Trinajstić information content (AvgIpc) is 2.34. The Hall–Kier alpha value is -0.950. The number of hydrogen-bond donors (Lipinski definition) is 2. The third kappa shape index (κ3) is 4.28. The summed E-state index contributed by atoms with van der Waals surface area (Å²) in [6.45, 7) is 7.10. The van der Waals surface area contributed by atoms with E-state index in [9.17, 15) is 8.42 Å². The zero-order valence-electron chi connectivity index (χ0n) is 11.7. The van der Waals surface area contributed by atoms with Gasteiger partial charge in [0.05, 0.1) is 11.5 Å². The van der Waals surface area contributed by atoms with Gasteiger partial charge in [0.25, 0.3) is 0 Å². The molecule has 0 saturated heterocycles. The summed E-state index contributed by atoms with van der Waals surface area (Å²) in [5.41, 5.74) is 8.19. The van der Waals surface area contributed by atoms with E-state index in [0.29, 0.717) is 19.8 Å². The molecule has 0 heterocycles. The van der Waals surface area contributed by atoms with Gasteiger partial charge >= 0.3 is 0 Å². The summed E-state index contributed by atoms with van der Waals surface area (Å²) >= 11 is 0. The van der Waals surface area contributed by atoms with Crippen LogP contribution in [0.5, 0.6) is 0 Å². The first-order chi connectivity index (χ1) is 8.92. The van der Waals surface area contributed by atoms with E-state index in [1.54, 1.807) is 13.0 Å². The Kier molecular flexibility index (Phi) is 5.93. The lowest BCUT2D eigenvalue weighted by molar-refractivity contribution is 0.153. The summed E-state index contributed by atoms with van der Waals surface area (Å²) in [6.07, 6.45) is 0. The van der Waals surface area contributed by atoms with Crippen molar-refractivity contribution in [2.45, 2.75) is 32.2 Å². The number of sulfonamides is 1. The maximum atomic E-state index is 12.2. The van der Waals surface area contributed by atoms with Crippen LogP contribution >= 0.6 is 0 Å². The minimum atomic E-state index is -3.51. The van der Waals surface area contributed by atoms with Gasteiger partial charge in [-0.05, 0) is 43.5 Å². The molecule has 0 unspecified atom stereocenters. The van der Waals surface area contributed by atoms with E-state index in [0.717, 1.165) is 16.7 Å². The summed E-state index contributed by atoms with van der Waals surface area (Å²) in [6, 6.07) is 3.49. The topological polar surface area (TPSA) is 81.4 Å². The first-order valence-corrected chi connectivity index (χ1v) is 7.78. The highest BCUT2D eigenvalue weighted by Gasteiger charge is 2.17. The fourth-order valence-electron chi connectivity index (χ4n) is 1.85. The first-order valence-electron chi connectivity index (χ1n) is 6.30. The molecule has 0 atom stereocenters. The molecule has 0 aliphatic heterocycles. The molecule has 0 bridgehead atoms. The number of nitrogens with two attached hydrogens (primary N) is 1. The van der Waals surface area contributed by atoms with Gasteiger partial charge in [0.1, 0.15) is 0 Å². The summed E-state index contributed by atoms with van der Waals surface area (Å²) in [5, 5.41) is 0. The van der Waals surface area contributed by atoms with Gasteiger partial charge in [0, 0.05) is 19.7 Å². The van der Waals surface area contributed by atoms with E-state index >= 15 is 0 Å². The highest BCUT2D eigenvalue weighted by atomic mass is 32.2. The predicted octanol–water partition coefficient (Wildman–Crippen LogP) is 1.08. The van der Waals surface area contributed by atoms with Crippen LogP contribution in [0.15, 0.2) is 17.0 Å². The van der Waals surface area contributed by atoms with Gasteiger partial charge in [-0.1, -0.05) is 6.07 Å². The maximum absolute atomic E-state index is 12.2. The molecule has 1 aromatic carbocycles. The zero-order chi connectivity index (χ0) is 14.5. The van der Waals surface area contributed by atoms with Crippen LogP contribution in [0.3, 0.4) is 0 Å². The standard InChI is InChI=1S/C13H22N2O3S/c1-4-18-6-5-15-19(16,17)13-8-12(9-14)10(2)7-11(13)3/h7-8,15H,4-6,9,14H2,1-3H3. The molecule has 0 fully saturated rings. The van der Waals surface area contributed by atoms with E-state index in [-0.39, 0.29) is 11.4 Å². The molecule has 0 spiro atoms. The fourth-order valence-corrected chi connectivity index (χ4v) is 3.14. The molecule has 0 aliphatic carbocycles. The van der Waals surface area contributed by atoms with Crippen LogP contribution < -0.4 is 10.5 Å². The molecule has 5 nitrogen and oxygen atoms in total. The van der Waals surface area contributed by atoms with Gasteiger partial charge in [0.15, 0.2) is 0 Å². The van der Waals surface area contributed by atoms with Crippen molar-refractivity contribution in [3.05, 3.63) is 28.8 Å². The molecule has 0 aromatic heterocycles. The number of aryl methyl sites for hydroxylation is 2. The van der Waals surface area contributed by atoms with E-state index in [2.05, 4.69) is 4.72 Å². The number of hydrogen-bond acceptors (Lipinski definition) is 4. The molecular weight excluding hydrogens is 264 g/mol. The molecular formula is C13H22N2O3S. The lowest BCUT2D eigenvalue weighted by Gasteiger charge is -2.12. The average molecular weight is 286 g/mol.